The summed E-state index contributed by atoms with van der Waals surface area (Å²) in [5.41, 5.74) is 0.991. The first-order valence-electron chi connectivity index (χ1n) is 8.34. The number of nitrogens with one attached hydrogen (secondary N) is 1. The number of nitrogens with zero attached hydrogens (tertiary/aromatic N) is 2. The maximum atomic E-state index is 12.6. The van der Waals surface area contributed by atoms with Crippen molar-refractivity contribution in [2.75, 3.05) is 10.2 Å². The van der Waals surface area contributed by atoms with E-state index in [0.29, 0.717) is 16.4 Å². The van der Waals surface area contributed by atoms with Crippen molar-refractivity contribution >= 4 is 39.9 Å². The van der Waals surface area contributed by atoms with Crippen molar-refractivity contribution < 1.29 is 14.4 Å². The molecule has 2 fully saturated rings. The first-order chi connectivity index (χ1) is 12.1. The van der Waals surface area contributed by atoms with Gasteiger partial charge in [-0.3, -0.25) is 24.6 Å². The minimum Gasteiger partial charge on any atom is -0.298 e. The zero-order valence-corrected chi connectivity index (χ0v) is 14.3. The quantitative estimate of drug-likeness (QED) is 0.858. The van der Waals surface area contributed by atoms with E-state index in [2.05, 4.69) is 10.3 Å². The molecule has 1 saturated heterocycles. The van der Waals surface area contributed by atoms with Crippen molar-refractivity contribution in [2.45, 2.75) is 25.7 Å². The van der Waals surface area contributed by atoms with Crippen molar-refractivity contribution in [3.05, 3.63) is 41.4 Å². The molecular weight excluding hydrogens is 338 g/mol. The molecule has 128 valence electrons. The monoisotopic (exact) mass is 355 g/mol. The lowest BCUT2D eigenvalue weighted by Crippen LogP contribution is -2.30. The van der Waals surface area contributed by atoms with Gasteiger partial charge in [0.15, 0.2) is 5.13 Å². The molecular formula is C18H17N3O3S. The molecule has 0 unspecified atom stereocenters. The predicted molar refractivity (Wildman–Crippen MR) is 94.5 cm³/mol. The van der Waals surface area contributed by atoms with Gasteiger partial charge in [-0.05, 0) is 37.1 Å². The Morgan fingerprint density at radius 1 is 1.08 bits per heavy atom. The number of anilines is 2. The Balaban J connectivity index is 1.53. The van der Waals surface area contributed by atoms with Gasteiger partial charge in [0.25, 0.3) is 5.91 Å². The zero-order chi connectivity index (χ0) is 17.4. The molecule has 2 atom stereocenters. The number of aromatic nitrogens is 1. The fraction of sp³-hybridized carbons (Fsp3) is 0.333. The van der Waals surface area contributed by atoms with Crippen LogP contribution in [-0.2, 0) is 9.59 Å². The van der Waals surface area contributed by atoms with Gasteiger partial charge in [-0.1, -0.05) is 12.8 Å². The molecule has 1 N–H and O–H groups in total. The van der Waals surface area contributed by atoms with Crippen LogP contribution >= 0.6 is 11.3 Å². The van der Waals surface area contributed by atoms with Crippen LogP contribution in [0.3, 0.4) is 0 Å². The van der Waals surface area contributed by atoms with E-state index >= 15 is 0 Å². The van der Waals surface area contributed by atoms with Crippen LogP contribution in [0.1, 0.15) is 36.0 Å². The summed E-state index contributed by atoms with van der Waals surface area (Å²) < 4.78 is 0. The van der Waals surface area contributed by atoms with Crippen LogP contribution < -0.4 is 10.2 Å². The summed E-state index contributed by atoms with van der Waals surface area (Å²) in [5.74, 6) is -0.818. The lowest BCUT2D eigenvalue weighted by atomic mass is 9.81. The number of imide groups is 1. The Hall–Kier alpha value is -2.54. The van der Waals surface area contributed by atoms with Gasteiger partial charge in [0.1, 0.15) is 0 Å². The number of amides is 3. The molecule has 1 aliphatic carbocycles. The Labute approximate surface area is 148 Å². The summed E-state index contributed by atoms with van der Waals surface area (Å²) in [5, 5.41) is 5.02. The molecule has 1 saturated carbocycles. The third-order valence-corrected chi connectivity index (χ3v) is 5.57. The summed E-state index contributed by atoms with van der Waals surface area (Å²) in [6.07, 6.45) is 5.21. The van der Waals surface area contributed by atoms with Gasteiger partial charge < -0.3 is 0 Å². The topological polar surface area (TPSA) is 79.4 Å². The van der Waals surface area contributed by atoms with Crippen molar-refractivity contribution in [1.82, 2.24) is 4.98 Å². The van der Waals surface area contributed by atoms with E-state index in [9.17, 15) is 14.4 Å². The van der Waals surface area contributed by atoms with Gasteiger partial charge in [0.2, 0.25) is 11.8 Å². The van der Waals surface area contributed by atoms with Gasteiger partial charge in [0, 0.05) is 17.1 Å². The Bertz CT molecular complexity index is 793. The number of benzene rings is 1. The molecule has 2 aromatic rings. The van der Waals surface area contributed by atoms with Crippen LogP contribution in [0.25, 0.3) is 0 Å². The summed E-state index contributed by atoms with van der Waals surface area (Å²) in [6, 6.07) is 6.56. The first kappa shape index (κ1) is 16.0. The largest absolute Gasteiger partial charge is 0.298 e. The normalized spacial score (nSPS) is 22.8. The molecule has 3 amide bonds. The number of rotatable bonds is 3. The molecule has 4 rings (SSSR count). The molecule has 0 spiro atoms. The number of thiazole rings is 1. The van der Waals surface area contributed by atoms with Crippen LogP contribution in [-0.4, -0.2) is 22.7 Å². The van der Waals surface area contributed by atoms with Crippen molar-refractivity contribution in [1.29, 1.82) is 0 Å². The molecule has 25 heavy (non-hydrogen) atoms. The minimum absolute atomic E-state index is 0.102. The predicted octanol–water partition coefficient (Wildman–Crippen LogP) is 3.08. The Morgan fingerprint density at radius 2 is 1.72 bits per heavy atom. The van der Waals surface area contributed by atoms with Crippen LogP contribution in [0.15, 0.2) is 35.8 Å². The summed E-state index contributed by atoms with van der Waals surface area (Å²) >= 11 is 1.34. The highest BCUT2D eigenvalue weighted by molar-refractivity contribution is 7.13. The van der Waals surface area contributed by atoms with Crippen LogP contribution in [0.5, 0.6) is 0 Å². The molecule has 2 heterocycles. The molecule has 7 heteroatoms. The van der Waals surface area contributed by atoms with Gasteiger partial charge in [-0.25, -0.2) is 4.98 Å². The number of fused-ring (bicyclic) bond motifs is 1. The maximum Gasteiger partial charge on any atom is 0.257 e. The third-order valence-electron chi connectivity index (χ3n) is 4.88. The molecule has 1 aromatic carbocycles. The van der Waals surface area contributed by atoms with E-state index in [4.69, 9.17) is 0 Å². The van der Waals surface area contributed by atoms with Crippen LogP contribution in [0.2, 0.25) is 0 Å². The van der Waals surface area contributed by atoms with E-state index < -0.39 is 0 Å². The summed E-state index contributed by atoms with van der Waals surface area (Å²) in [7, 11) is 0. The molecule has 0 radical (unpaired) electrons. The van der Waals surface area contributed by atoms with E-state index in [0.717, 1.165) is 25.7 Å². The smallest absolute Gasteiger partial charge is 0.257 e. The lowest BCUT2D eigenvalue weighted by Gasteiger charge is -2.19. The lowest BCUT2D eigenvalue weighted by molar-refractivity contribution is -0.122. The van der Waals surface area contributed by atoms with E-state index in [1.807, 2.05) is 0 Å². The first-order valence-corrected chi connectivity index (χ1v) is 9.22. The standard InChI is InChI=1S/C18H17N3O3S/c22-15(20-18-19-9-10-25-18)11-5-7-12(8-6-11)21-16(23)13-3-1-2-4-14(13)17(21)24/h5-10,13-14H,1-4H2,(H,19,20,22)/t13-,14-/m0/s1. The Kier molecular flexibility index (Phi) is 4.09. The number of hydrogen-bond donors (Lipinski definition) is 1. The van der Waals surface area contributed by atoms with E-state index in [1.54, 1.807) is 35.8 Å². The third kappa shape index (κ3) is 2.84. The number of carbonyl (C=O) groups is 3. The van der Waals surface area contributed by atoms with Crippen molar-refractivity contribution in [3.63, 3.8) is 0 Å². The highest BCUT2D eigenvalue weighted by Gasteiger charge is 2.48. The van der Waals surface area contributed by atoms with Gasteiger partial charge in [0.05, 0.1) is 17.5 Å². The summed E-state index contributed by atoms with van der Waals surface area (Å²) in [4.78, 5) is 42.7. The fourth-order valence-corrected chi connectivity index (χ4v) is 4.16. The highest BCUT2D eigenvalue weighted by Crippen LogP contribution is 2.40. The minimum atomic E-state index is -0.269. The van der Waals surface area contributed by atoms with Crippen molar-refractivity contribution in [2.24, 2.45) is 11.8 Å². The van der Waals surface area contributed by atoms with Crippen LogP contribution in [0.4, 0.5) is 10.8 Å². The maximum absolute atomic E-state index is 12.6. The molecule has 1 aromatic heterocycles. The SMILES string of the molecule is O=C(Nc1nccs1)c1ccc(N2C(=O)[C@H]3CCCC[C@@H]3C2=O)cc1. The highest BCUT2D eigenvalue weighted by atomic mass is 32.1. The fourth-order valence-electron chi connectivity index (χ4n) is 3.63. The number of hydrogen-bond acceptors (Lipinski definition) is 5. The number of carbonyl (C=O) groups excluding carboxylic acids is 3. The average Bonchev–Trinajstić information content (AvgIpc) is 3.23. The van der Waals surface area contributed by atoms with Gasteiger partial charge >= 0.3 is 0 Å². The molecule has 6 nitrogen and oxygen atoms in total. The van der Waals surface area contributed by atoms with E-state index in [1.165, 1.54) is 16.2 Å². The molecule has 1 aliphatic heterocycles. The van der Waals surface area contributed by atoms with Gasteiger partial charge in [-0.15, -0.1) is 11.3 Å². The average molecular weight is 355 g/mol. The zero-order valence-electron chi connectivity index (χ0n) is 13.5. The van der Waals surface area contributed by atoms with Crippen LogP contribution in [0, 0.1) is 11.8 Å². The summed E-state index contributed by atoms with van der Waals surface area (Å²) in [6.45, 7) is 0. The second-order valence-corrected chi connectivity index (χ2v) is 7.24. The van der Waals surface area contributed by atoms with Crippen molar-refractivity contribution in [3.8, 4) is 0 Å². The molecule has 0 bridgehead atoms. The van der Waals surface area contributed by atoms with E-state index in [-0.39, 0.29) is 29.6 Å². The second kappa shape index (κ2) is 6.40. The Morgan fingerprint density at radius 3 is 2.28 bits per heavy atom. The second-order valence-electron chi connectivity index (χ2n) is 6.35. The molecule has 2 aliphatic rings. The van der Waals surface area contributed by atoms with Gasteiger partial charge in [-0.2, -0.15) is 0 Å².